The molecule has 19 heavy (non-hydrogen) atoms. The molecule has 2 N–H and O–H groups in total. The molecule has 0 aliphatic rings. The van der Waals surface area contributed by atoms with Crippen molar-refractivity contribution in [3.05, 3.63) is 53.3 Å². The molecular formula is C14H10BrN3S. The highest BCUT2D eigenvalue weighted by atomic mass is 79.9. The highest BCUT2D eigenvalue weighted by Gasteiger charge is 2.06. The molecule has 0 atom stereocenters. The van der Waals surface area contributed by atoms with E-state index in [0.717, 1.165) is 31.0 Å². The topological polar surface area (TPSA) is 51.8 Å². The Morgan fingerprint density at radius 2 is 1.95 bits per heavy atom. The van der Waals surface area contributed by atoms with Gasteiger partial charge in [-0.1, -0.05) is 33.8 Å². The van der Waals surface area contributed by atoms with Gasteiger partial charge in [-0.05, 0) is 36.4 Å². The molecule has 0 saturated heterocycles. The second-order valence-electron chi connectivity index (χ2n) is 4.01. The molecule has 0 saturated carbocycles. The van der Waals surface area contributed by atoms with Crippen molar-refractivity contribution in [2.75, 3.05) is 5.73 Å². The number of nitrogen functional groups attached to an aromatic ring is 1. The van der Waals surface area contributed by atoms with E-state index in [0.29, 0.717) is 0 Å². The molecule has 0 radical (unpaired) electrons. The van der Waals surface area contributed by atoms with Crippen LogP contribution in [0.2, 0.25) is 0 Å². The van der Waals surface area contributed by atoms with E-state index in [1.807, 2.05) is 30.3 Å². The SMILES string of the molecule is Nc1ccc2ncnc(Sc3cccc(Br)c3)c2c1. The summed E-state index contributed by atoms with van der Waals surface area (Å²) >= 11 is 5.07. The maximum Gasteiger partial charge on any atom is 0.117 e. The minimum absolute atomic E-state index is 0.721. The van der Waals surface area contributed by atoms with Gasteiger partial charge in [0.25, 0.3) is 0 Å². The average molecular weight is 332 g/mol. The molecule has 1 heterocycles. The summed E-state index contributed by atoms with van der Waals surface area (Å²) in [6.45, 7) is 0. The molecule has 0 bridgehead atoms. The van der Waals surface area contributed by atoms with Crippen molar-refractivity contribution in [1.82, 2.24) is 9.97 Å². The zero-order valence-corrected chi connectivity index (χ0v) is 12.3. The van der Waals surface area contributed by atoms with Crippen LogP contribution in [0.1, 0.15) is 0 Å². The molecule has 0 aliphatic carbocycles. The molecule has 2 aromatic carbocycles. The van der Waals surface area contributed by atoms with Crippen LogP contribution in [0.25, 0.3) is 10.9 Å². The van der Waals surface area contributed by atoms with Gasteiger partial charge in [0.15, 0.2) is 0 Å². The first-order valence-corrected chi connectivity index (χ1v) is 7.27. The largest absolute Gasteiger partial charge is 0.399 e. The molecule has 1 aromatic heterocycles. The number of hydrogen-bond donors (Lipinski definition) is 1. The third-order valence-electron chi connectivity index (χ3n) is 2.63. The predicted molar refractivity (Wildman–Crippen MR) is 82.2 cm³/mol. The Bertz CT molecular complexity index is 746. The van der Waals surface area contributed by atoms with Crippen LogP contribution < -0.4 is 5.73 Å². The molecule has 94 valence electrons. The fourth-order valence-electron chi connectivity index (χ4n) is 1.77. The van der Waals surface area contributed by atoms with E-state index in [4.69, 9.17) is 5.73 Å². The van der Waals surface area contributed by atoms with Crippen molar-refractivity contribution in [3.8, 4) is 0 Å². The first-order valence-electron chi connectivity index (χ1n) is 5.66. The molecule has 3 nitrogen and oxygen atoms in total. The zero-order chi connectivity index (χ0) is 13.2. The summed E-state index contributed by atoms with van der Waals surface area (Å²) in [4.78, 5) is 9.73. The van der Waals surface area contributed by atoms with Crippen LogP contribution in [-0.2, 0) is 0 Å². The molecule has 0 aliphatic heterocycles. The predicted octanol–water partition coefficient (Wildman–Crippen LogP) is 4.13. The first-order chi connectivity index (χ1) is 9.22. The third kappa shape index (κ3) is 2.72. The summed E-state index contributed by atoms with van der Waals surface area (Å²) in [5.41, 5.74) is 7.46. The molecule has 0 fully saturated rings. The van der Waals surface area contributed by atoms with E-state index in [1.54, 1.807) is 18.1 Å². The second kappa shape index (κ2) is 5.19. The molecular weight excluding hydrogens is 322 g/mol. The Kier molecular flexibility index (Phi) is 3.40. The number of aromatic nitrogens is 2. The van der Waals surface area contributed by atoms with Crippen molar-refractivity contribution in [2.45, 2.75) is 9.92 Å². The Hall–Kier alpha value is -1.59. The number of rotatable bonds is 2. The van der Waals surface area contributed by atoms with Crippen LogP contribution in [-0.4, -0.2) is 9.97 Å². The van der Waals surface area contributed by atoms with E-state index in [1.165, 1.54) is 0 Å². The number of hydrogen-bond acceptors (Lipinski definition) is 4. The van der Waals surface area contributed by atoms with Crippen LogP contribution in [0.3, 0.4) is 0 Å². The number of nitrogens with two attached hydrogens (primary N) is 1. The Morgan fingerprint density at radius 1 is 1.05 bits per heavy atom. The van der Waals surface area contributed by atoms with Crippen molar-refractivity contribution in [3.63, 3.8) is 0 Å². The number of fused-ring (bicyclic) bond motifs is 1. The Morgan fingerprint density at radius 3 is 2.79 bits per heavy atom. The quantitative estimate of drug-likeness (QED) is 0.566. The Balaban J connectivity index is 2.07. The van der Waals surface area contributed by atoms with Crippen molar-refractivity contribution in [1.29, 1.82) is 0 Å². The molecule has 5 heteroatoms. The lowest BCUT2D eigenvalue weighted by molar-refractivity contribution is 1.10. The summed E-state index contributed by atoms with van der Waals surface area (Å²) in [6, 6.07) is 13.8. The van der Waals surface area contributed by atoms with Crippen LogP contribution in [0.5, 0.6) is 0 Å². The van der Waals surface area contributed by atoms with Crippen LogP contribution in [0.15, 0.2) is 63.2 Å². The van der Waals surface area contributed by atoms with Gasteiger partial charge in [0, 0.05) is 20.4 Å². The van der Waals surface area contributed by atoms with Gasteiger partial charge < -0.3 is 5.73 Å². The summed E-state index contributed by atoms with van der Waals surface area (Å²) in [5.74, 6) is 0. The van der Waals surface area contributed by atoms with Crippen LogP contribution in [0, 0.1) is 0 Å². The lowest BCUT2D eigenvalue weighted by atomic mass is 10.2. The van der Waals surface area contributed by atoms with E-state index in [-0.39, 0.29) is 0 Å². The lowest BCUT2D eigenvalue weighted by Crippen LogP contribution is -1.90. The average Bonchev–Trinajstić information content (AvgIpc) is 2.39. The smallest absolute Gasteiger partial charge is 0.117 e. The monoisotopic (exact) mass is 331 g/mol. The standard InChI is InChI=1S/C14H10BrN3S/c15-9-2-1-3-11(6-9)19-14-12-7-10(16)4-5-13(12)17-8-18-14/h1-8H,16H2. The van der Waals surface area contributed by atoms with Crippen LogP contribution in [0.4, 0.5) is 5.69 Å². The molecule has 0 amide bonds. The Labute approximate surface area is 123 Å². The highest BCUT2D eigenvalue weighted by molar-refractivity contribution is 9.10. The molecule has 0 unspecified atom stereocenters. The van der Waals surface area contributed by atoms with E-state index < -0.39 is 0 Å². The van der Waals surface area contributed by atoms with Gasteiger partial charge in [0.1, 0.15) is 11.4 Å². The van der Waals surface area contributed by atoms with Crippen molar-refractivity contribution < 1.29 is 0 Å². The zero-order valence-electron chi connectivity index (χ0n) is 9.88. The summed E-state index contributed by atoms with van der Waals surface area (Å²) in [6.07, 6.45) is 1.58. The maximum atomic E-state index is 5.84. The number of nitrogens with zero attached hydrogens (tertiary/aromatic N) is 2. The summed E-state index contributed by atoms with van der Waals surface area (Å²) in [7, 11) is 0. The van der Waals surface area contributed by atoms with Crippen LogP contribution >= 0.6 is 27.7 Å². The molecule has 0 spiro atoms. The first kappa shape index (κ1) is 12.4. The fraction of sp³-hybridized carbons (Fsp3) is 0. The fourth-order valence-corrected chi connectivity index (χ4v) is 3.25. The van der Waals surface area contributed by atoms with Gasteiger partial charge in [-0.15, -0.1) is 0 Å². The van der Waals surface area contributed by atoms with E-state index >= 15 is 0 Å². The van der Waals surface area contributed by atoms with Gasteiger partial charge in [0.2, 0.25) is 0 Å². The summed E-state index contributed by atoms with van der Waals surface area (Å²) in [5, 5.41) is 1.89. The summed E-state index contributed by atoms with van der Waals surface area (Å²) < 4.78 is 1.05. The minimum atomic E-state index is 0.721. The molecule has 3 rings (SSSR count). The van der Waals surface area contributed by atoms with E-state index in [2.05, 4.69) is 38.0 Å². The normalized spacial score (nSPS) is 10.8. The van der Waals surface area contributed by atoms with Gasteiger partial charge >= 0.3 is 0 Å². The van der Waals surface area contributed by atoms with Gasteiger partial charge in [-0.3, -0.25) is 0 Å². The molecule has 3 aromatic rings. The number of anilines is 1. The third-order valence-corrected chi connectivity index (χ3v) is 4.13. The van der Waals surface area contributed by atoms with Gasteiger partial charge in [-0.25, -0.2) is 9.97 Å². The van der Waals surface area contributed by atoms with E-state index in [9.17, 15) is 0 Å². The highest BCUT2D eigenvalue weighted by Crippen LogP contribution is 2.32. The second-order valence-corrected chi connectivity index (χ2v) is 5.99. The van der Waals surface area contributed by atoms with Gasteiger partial charge in [-0.2, -0.15) is 0 Å². The van der Waals surface area contributed by atoms with Crippen molar-refractivity contribution >= 4 is 44.3 Å². The number of halogens is 1. The number of benzene rings is 2. The van der Waals surface area contributed by atoms with Gasteiger partial charge in [0.05, 0.1) is 5.52 Å². The van der Waals surface area contributed by atoms with Crippen molar-refractivity contribution in [2.24, 2.45) is 0 Å². The maximum absolute atomic E-state index is 5.84. The minimum Gasteiger partial charge on any atom is -0.399 e. The lowest BCUT2D eigenvalue weighted by Gasteiger charge is -2.05.